The van der Waals surface area contributed by atoms with E-state index >= 15 is 0 Å². The lowest BCUT2D eigenvalue weighted by Crippen LogP contribution is -2.02. The van der Waals surface area contributed by atoms with E-state index in [1.807, 2.05) is 24.4 Å². The van der Waals surface area contributed by atoms with Gasteiger partial charge in [-0.1, -0.05) is 23.7 Å². The highest BCUT2D eigenvalue weighted by Gasteiger charge is 2.06. The fraction of sp³-hybridized carbons (Fsp3) is 0.267. The Bertz CT molecular complexity index is 529. The van der Waals surface area contributed by atoms with Gasteiger partial charge in [0.05, 0.1) is 17.7 Å². The molecule has 0 fully saturated rings. The molecule has 2 rings (SSSR count). The third-order valence-corrected chi connectivity index (χ3v) is 3.10. The van der Waals surface area contributed by atoms with E-state index < -0.39 is 6.10 Å². The summed E-state index contributed by atoms with van der Waals surface area (Å²) >= 11 is 6.11. The van der Waals surface area contributed by atoms with Crippen LogP contribution in [0, 0.1) is 0 Å². The van der Waals surface area contributed by atoms with Crippen molar-refractivity contribution < 1.29 is 9.84 Å². The fourth-order valence-corrected chi connectivity index (χ4v) is 1.96. The van der Waals surface area contributed by atoms with Crippen LogP contribution in [-0.2, 0) is 6.42 Å². The standard InChI is InChI=1S/C15H16ClNO2/c1-11(18)13-4-5-15(14(16)9-13)19-8-6-12-3-2-7-17-10-12/h2-5,7,9-11,18H,6,8H2,1H3/t11-/m1/s1. The summed E-state index contributed by atoms with van der Waals surface area (Å²) in [6.45, 7) is 2.24. The molecule has 1 heterocycles. The van der Waals surface area contributed by atoms with E-state index in [2.05, 4.69) is 4.98 Å². The number of hydrogen-bond acceptors (Lipinski definition) is 3. The Balaban J connectivity index is 1.93. The zero-order chi connectivity index (χ0) is 13.7. The predicted octanol–water partition coefficient (Wildman–Crippen LogP) is 3.41. The summed E-state index contributed by atoms with van der Waals surface area (Å²) in [5.41, 5.74) is 1.91. The Morgan fingerprint density at radius 3 is 2.84 bits per heavy atom. The molecule has 0 radical (unpaired) electrons. The van der Waals surface area contributed by atoms with Gasteiger partial charge >= 0.3 is 0 Å². The molecule has 1 atom stereocenters. The second kappa shape index (κ2) is 6.55. The number of benzene rings is 1. The third kappa shape index (κ3) is 3.94. The topological polar surface area (TPSA) is 42.4 Å². The summed E-state index contributed by atoms with van der Waals surface area (Å²) in [6, 6.07) is 9.24. The maximum absolute atomic E-state index is 9.46. The van der Waals surface area contributed by atoms with Crippen LogP contribution in [-0.4, -0.2) is 16.7 Å². The first kappa shape index (κ1) is 13.8. The molecule has 0 aliphatic carbocycles. The lowest BCUT2D eigenvalue weighted by molar-refractivity contribution is 0.199. The first-order valence-electron chi connectivity index (χ1n) is 6.16. The minimum atomic E-state index is -0.526. The molecule has 1 aromatic heterocycles. The molecule has 1 aromatic carbocycles. The van der Waals surface area contributed by atoms with Crippen molar-refractivity contribution in [1.29, 1.82) is 0 Å². The van der Waals surface area contributed by atoms with Crippen LogP contribution in [0.25, 0.3) is 0 Å². The van der Waals surface area contributed by atoms with Gasteiger partial charge in [0.25, 0.3) is 0 Å². The Morgan fingerprint density at radius 2 is 2.21 bits per heavy atom. The van der Waals surface area contributed by atoms with Crippen molar-refractivity contribution in [3.63, 3.8) is 0 Å². The van der Waals surface area contributed by atoms with E-state index in [1.54, 1.807) is 25.3 Å². The summed E-state index contributed by atoms with van der Waals surface area (Å²) in [5, 5.41) is 9.98. The van der Waals surface area contributed by atoms with Gasteiger partial charge in [-0.2, -0.15) is 0 Å². The maximum Gasteiger partial charge on any atom is 0.137 e. The Morgan fingerprint density at radius 1 is 1.37 bits per heavy atom. The van der Waals surface area contributed by atoms with E-state index in [4.69, 9.17) is 16.3 Å². The van der Waals surface area contributed by atoms with Gasteiger partial charge in [0.2, 0.25) is 0 Å². The van der Waals surface area contributed by atoms with Crippen LogP contribution in [0.1, 0.15) is 24.2 Å². The second-order valence-corrected chi connectivity index (χ2v) is 4.73. The third-order valence-electron chi connectivity index (χ3n) is 2.81. The van der Waals surface area contributed by atoms with Gasteiger partial charge in [-0.25, -0.2) is 0 Å². The smallest absolute Gasteiger partial charge is 0.137 e. The maximum atomic E-state index is 9.46. The van der Waals surface area contributed by atoms with Crippen LogP contribution in [0.4, 0.5) is 0 Å². The molecule has 0 saturated heterocycles. The Kier molecular flexibility index (Phi) is 4.77. The van der Waals surface area contributed by atoms with Crippen molar-refractivity contribution in [3.05, 3.63) is 58.9 Å². The lowest BCUT2D eigenvalue weighted by Gasteiger charge is -2.10. The van der Waals surface area contributed by atoms with Crippen molar-refractivity contribution in [1.82, 2.24) is 4.98 Å². The molecule has 100 valence electrons. The number of ether oxygens (including phenoxy) is 1. The fourth-order valence-electron chi connectivity index (χ4n) is 1.72. The second-order valence-electron chi connectivity index (χ2n) is 4.33. The van der Waals surface area contributed by atoms with Gasteiger partial charge < -0.3 is 9.84 Å². The number of nitrogens with zero attached hydrogens (tertiary/aromatic N) is 1. The monoisotopic (exact) mass is 277 g/mol. The lowest BCUT2D eigenvalue weighted by atomic mass is 10.1. The number of pyridine rings is 1. The molecule has 3 nitrogen and oxygen atoms in total. The molecule has 0 unspecified atom stereocenters. The highest BCUT2D eigenvalue weighted by Crippen LogP contribution is 2.27. The van der Waals surface area contributed by atoms with Gasteiger partial charge in [0.1, 0.15) is 5.75 Å². The Labute approximate surface area is 117 Å². The molecule has 1 N–H and O–H groups in total. The zero-order valence-electron chi connectivity index (χ0n) is 10.7. The van der Waals surface area contributed by atoms with Gasteiger partial charge in [0.15, 0.2) is 0 Å². The molecule has 2 aromatic rings. The number of aliphatic hydroxyl groups excluding tert-OH is 1. The van der Waals surface area contributed by atoms with Crippen LogP contribution >= 0.6 is 11.6 Å². The van der Waals surface area contributed by atoms with Crippen molar-refractivity contribution in [2.24, 2.45) is 0 Å². The molecule has 0 spiro atoms. The average molecular weight is 278 g/mol. The van der Waals surface area contributed by atoms with Crippen LogP contribution in [0.2, 0.25) is 5.02 Å². The van der Waals surface area contributed by atoms with Gasteiger partial charge in [-0.05, 0) is 36.2 Å². The van der Waals surface area contributed by atoms with Gasteiger partial charge in [-0.3, -0.25) is 4.98 Å². The van der Waals surface area contributed by atoms with Crippen molar-refractivity contribution >= 4 is 11.6 Å². The molecular weight excluding hydrogens is 262 g/mol. The molecule has 0 amide bonds. The van der Waals surface area contributed by atoms with Crippen LogP contribution < -0.4 is 4.74 Å². The zero-order valence-corrected chi connectivity index (χ0v) is 11.5. The summed E-state index contributed by atoms with van der Waals surface area (Å²) in [6.07, 6.45) is 3.82. The summed E-state index contributed by atoms with van der Waals surface area (Å²) in [5.74, 6) is 0.634. The molecule has 0 saturated carbocycles. The van der Waals surface area contributed by atoms with Gasteiger partial charge in [0, 0.05) is 18.8 Å². The van der Waals surface area contributed by atoms with Crippen molar-refractivity contribution in [3.8, 4) is 5.75 Å². The van der Waals surface area contributed by atoms with E-state index in [1.165, 1.54) is 0 Å². The van der Waals surface area contributed by atoms with E-state index in [-0.39, 0.29) is 0 Å². The predicted molar refractivity (Wildman–Crippen MR) is 75.5 cm³/mol. The number of aromatic nitrogens is 1. The number of halogens is 1. The minimum Gasteiger partial charge on any atom is -0.492 e. The summed E-state index contributed by atoms with van der Waals surface area (Å²) in [4.78, 5) is 4.05. The normalized spacial score (nSPS) is 12.2. The highest BCUT2D eigenvalue weighted by atomic mass is 35.5. The molecule has 0 bridgehead atoms. The molecular formula is C15H16ClNO2. The summed E-state index contributed by atoms with van der Waals surface area (Å²) in [7, 11) is 0. The van der Waals surface area contributed by atoms with Crippen molar-refractivity contribution in [2.45, 2.75) is 19.4 Å². The SMILES string of the molecule is C[C@@H](O)c1ccc(OCCc2cccnc2)c(Cl)c1. The van der Waals surface area contributed by atoms with E-state index in [0.29, 0.717) is 17.4 Å². The highest BCUT2D eigenvalue weighted by molar-refractivity contribution is 6.32. The molecule has 0 aliphatic rings. The van der Waals surface area contributed by atoms with Crippen LogP contribution in [0.15, 0.2) is 42.7 Å². The van der Waals surface area contributed by atoms with E-state index in [0.717, 1.165) is 17.5 Å². The quantitative estimate of drug-likeness (QED) is 0.911. The molecule has 4 heteroatoms. The molecule has 19 heavy (non-hydrogen) atoms. The minimum absolute atomic E-state index is 0.518. The van der Waals surface area contributed by atoms with Crippen molar-refractivity contribution in [2.75, 3.05) is 6.61 Å². The van der Waals surface area contributed by atoms with Crippen LogP contribution in [0.5, 0.6) is 5.75 Å². The van der Waals surface area contributed by atoms with E-state index in [9.17, 15) is 5.11 Å². The number of rotatable bonds is 5. The summed E-state index contributed by atoms with van der Waals surface area (Å²) < 4.78 is 5.63. The Hall–Kier alpha value is -1.58. The van der Waals surface area contributed by atoms with Crippen LogP contribution in [0.3, 0.4) is 0 Å². The number of hydrogen-bond donors (Lipinski definition) is 1. The first-order valence-corrected chi connectivity index (χ1v) is 6.54. The van der Waals surface area contributed by atoms with Gasteiger partial charge in [-0.15, -0.1) is 0 Å². The first-order chi connectivity index (χ1) is 9.16. The average Bonchev–Trinajstić information content (AvgIpc) is 2.41. The number of aliphatic hydroxyl groups is 1. The largest absolute Gasteiger partial charge is 0.492 e. The molecule has 0 aliphatic heterocycles.